The molecule has 0 aliphatic heterocycles. The predicted molar refractivity (Wildman–Crippen MR) is 82.8 cm³/mol. The van der Waals surface area contributed by atoms with E-state index in [0.717, 1.165) is 26.1 Å². The molecule has 0 fully saturated rings. The van der Waals surface area contributed by atoms with Gasteiger partial charge in [0, 0.05) is 25.6 Å². The topological polar surface area (TPSA) is 34.1 Å². The molecule has 1 atom stereocenters. The molecule has 19 heavy (non-hydrogen) atoms. The van der Waals surface area contributed by atoms with Gasteiger partial charge in [0.25, 0.3) is 0 Å². The van der Waals surface area contributed by atoms with Crippen LogP contribution in [-0.4, -0.2) is 31.8 Å². The van der Waals surface area contributed by atoms with E-state index < -0.39 is 0 Å². The third-order valence-corrected chi connectivity index (χ3v) is 4.47. The SMILES string of the molecule is CCCCC(CC)(CNCCOC)Cc1cscn1. The van der Waals surface area contributed by atoms with Crippen LogP contribution >= 0.6 is 11.3 Å². The van der Waals surface area contributed by atoms with E-state index in [9.17, 15) is 0 Å². The third-order valence-electron chi connectivity index (χ3n) is 3.83. The van der Waals surface area contributed by atoms with Gasteiger partial charge in [-0.1, -0.05) is 26.7 Å². The van der Waals surface area contributed by atoms with Crippen LogP contribution in [0, 0.1) is 5.41 Å². The van der Waals surface area contributed by atoms with Crippen molar-refractivity contribution in [3.05, 3.63) is 16.6 Å². The van der Waals surface area contributed by atoms with Gasteiger partial charge in [0.1, 0.15) is 0 Å². The van der Waals surface area contributed by atoms with Crippen molar-refractivity contribution in [3.63, 3.8) is 0 Å². The van der Waals surface area contributed by atoms with Gasteiger partial charge in [-0.15, -0.1) is 11.3 Å². The van der Waals surface area contributed by atoms with E-state index in [-0.39, 0.29) is 0 Å². The van der Waals surface area contributed by atoms with Crippen LogP contribution in [-0.2, 0) is 11.2 Å². The normalized spacial score (nSPS) is 14.5. The van der Waals surface area contributed by atoms with Crippen molar-refractivity contribution in [1.29, 1.82) is 0 Å². The second-order valence-electron chi connectivity index (χ2n) is 5.28. The lowest BCUT2D eigenvalue weighted by Gasteiger charge is -2.33. The number of hydrogen-bond donors (Lipinski definition) is 1. The van der Waals surface area contributed by atoms with E-state index in [1.165, 1.54) is 31.4 Å². The standard InChI is InChI=1S/C15H28N2OS/c1-4-6-7-15(5-2,12-16-8-9-18-3)10-14-11-19-13-17-14/h11,13,16H,4-10,12H2,1-3H3. The Labute approximate surface area is 121 Å². The predicted octanol–water partition coefficient (Wildman–Crippen LogP) is 3.51. The Kier molecular flexibility index (Phi) is 8.26. The highest BCUT2D eigenvalue weighted by Gasteiger charge is 2.28. The molecule has 0 bridgehead atoms. The summed E-state index contributed by atoms with van der Waals surface area (Å²) in [6.07, 6.45) is 6.12. The van der Waals surface area contributed by atoms with Crippen molar-refractivity contribution < 1.29 is 4.74 Å². The number of rotatable bonds is 11. The number of hydrogen-bond acceptors (Lipinski definition) is 4. The maximum Gasteiger partial charge on any atom is 0.0794 e. The van der Waals surface area contributed by atoms with Gasteiger partial charge in [0.15, 0.2) is 0 Å². The van der Waals surface area contributed by atoms with Crippen LogP contribution < -0.4 is 5.32 Å². The highest BCUT2D eigenvalue weighted by molar-refractivity contribution is 7.07. The molecule has 1 aromatic heterocycles. The average Bonchev–Trinajstić information content (AvgIpc) is 2.93. The molecule has 1 heterocycles. The van der Waals surface area contributed by atoms with E-state index in [0.29, 0.717) is 5.41 Å². The van der Waals surface area contributed by atoms with E-state index in [2.05, 4.69) is 29.5 Å². The van der Waals surface area contributed by atoms with Crippen LogP contribution in [0.25, 0.3) is 0 Å². The number of nitrogens with one attached hydrogen (secondary N) is 1. The van der Waals surface area contributed by atoms with Crippen molar-refractivity contribution in [1.82, 2.24) is 10.3 Å². The minimum absolute atomic E-state index is 0.345. The summed E-state index contributed by atoms with van der Waals surface area (Å²) in [6, 6.07) is 0. The van der Waals surface area contributed by atoms with Gasteiger partial charge in [0.2, 0.25) is 0 Å². The fourth-order valence-electron chi connectivity index (χ4n) is 2.45. The number of aromatic nitrogens is 1. The molecule has 3 nitrogen and oxygen atoms in total. The smallest absolute Gasteiger partial charge is 0.0794 e. The first-order valence-electron chi connectivity index (χ1n) is 7.33. The highest BCUT2D eigenvalue weighted by atomic mass is 32.1. The Morgan fingerprint density at radius 3 is 2.84 bits per heavy atom. The van der Waals surface area contributed by atoms with E-state index in [4.69, 9.17) is 4.74 Å². The number of unbranched alkanes of at least 4 members (excludes halogenated alkanes) is 1. The minimum atomic E-state index is 0.345. The van der Waals surface area contributed by atoms with Gasteiger partial charge in [-0.2, -0.15) is 0 Å². The summed E-state index contributed by atoms with van der Waals surface area (Å²) in [5.41, 5.74) is 3.53. The fourth-order valence-corrected chi connectivity index (χ4v) is 3.01. The lowest BCUT2D eigenvalue weighted by molar-refractivity contribution is 0.181. The molecule has 1 aromatic rings. The first kappa shape index (κ1) is 16.6. The van der Waals surface area contributed by atoms with Crippen molar-refractivity contribution in [2.45, 2.75) is 46.0 Å². The lowest BCUT2D eigenvalue weighted by Crippen LogP contribution is -2.37. The summed E-state index contributed by atoms with van der Waals surface area (Å²) in [7, 11) is 1.75. The van der Waals surface area contributed by atoms with E-state index in [1.807, 2.05) is 5.51 Å². The molecule has 1 rings (SSSR count). The summed E-state index contributed by atoms with van der Waals surface area (Å²) in [6.45, 7) is 7.34. The average molecular weight is 284 g/mol. The van der Waals surface area contributed by atoms with E-state index >= 15 is 0 Å². The molecular formula is C15H28N2OS. The summed E-state index contributed by atoms with van der Waals surface area (Å²) in [5.74, 6) is 0. The maximum atomic E-state index is 5.10. The second-order valence-corrected chi connectivity index (χ2v) is 6.00. The zero-order valence-electron chi connectivity index (χ0n) is 12.6. The van der Waals surface area contributed by atoms with Gasteiger partial charge < -0.3 is 10.1 Å². The fraction of sp³-hybridized carbons (Fsp3) is 0.800. The molecule has 0 spiro atoms. The van der Waals surface area contributed by atoms with Crippen LogP contribution in [0.3, 0.4) is 0 Å². The first-order chi connectivity index (χ1) is 9.26. The summed E-state index contributed by atoms with van der Waals surface area (Å²) >= 11 is 1.70. The van der Waals surface area contributed by atoms with Crippen LogP contribution in [0.5, 0.6) is 0 Å². The molecule has 4 heteroatoms. The Morgan fingerprint density at radius 2 is 2.26 bits per heavy atom. The lowest BCUT2D eigenvalue weighted by atomic mass is 9.76. The van der Waals surface area contributed by atoms with Crippen LogP contribution in [0.4, 0.5) is 0 Å². The molecule has 0 amide bonds. The highest BCUT2D eigenvalue weighted by Crippen LogP contribution is 2.32. The van der Waals surface area contributed by atoms with Crippen LogP contribution in [0.2, 0.25) is 0 Å². The molecule has 0 aliphatic carbocycles. The molecule has 110 valence electrons. The van der Waals surface area contributed by atoms with Crippen molar-refractivity contribution >= 4 is 11.3 Å². The number of nitrogens with zero attached hydrogens (tertiary/aromatic N) is 1. The zero-order valence-corrected chi connectivity index (χ0v) is 13.4. The van der Waals surface area contributed by atoms with Gasteiger partial charge in [-0.05, 0) is 24.7 Å². The molecule has 1 N–H and O–H groups in total. The molecule has 0 radical (unpaired) electrons. The largest absolute Gasteiger partial charge is 0.383 e. The quantitative estimate of drug-likeness (QED) is 0.631. The Balaban J connectivity index is 2.58. The number of methoxy groups -OCH3 is 1. The summed E-state index contributed by atoms with van der Waals surface area (Å²) < 4.78 is 5.10. The Morgan fingerprint density at radius 1 is 1.42 bits per heavy atom. The van der Waals surface area contributed by atoms with Crippen molar-refractivity contribution in [3.8, 4) is 0 Å². The maximum absolute atomic E-state index is 5.10. The van der Waals surface area contributed by atoms with Crippen LogP contribution in [0.15, 0.2) is 10.9 Å². The van der Waals surface area contributed by atoms with Gasteiger partial charge >= 0.3 is 0 Å². The summed E-state index contributed by atoms with van der Waals surface area (Å²) in [5, 5.41) is 5.74. The molecule has 0 aliphatic rings. The monoisotopic (exact) mass is 284 g/mol. The Hall–Kier alpha value is -0.450. The van der Waals surface area contributed by atoms with E-state index in [1.54, 1.807) is 18.4 Å². The first-order valence-corrected chi connectivity index (χ1v) is 8.27. The summed E-state index contributed by atoms with van der Waals surface area (Å²) in [4.78, 5) is 4.47. The molecule has 1 unspecified atom stereocenters. The van der Waals surface area contributed by atoms with Gasteiger partial charge in [0.05, 0.1) is 17.8 Å². The molecule has 0 saturated carbocycles. The van der Waals surface area contributed by atoms with Gasteiger partial charge in [-0.25, -0.2) is 4.98 Å². The van der Waals surface area contributed by atoms with Crippen molar-refractivity contribution in [2.75, 3.05) is 26.8 Å². The minimum Gasteiger partial charge on any atom is -0.383 e. The molecular weight excluding hydrogens is 256 g/mol. The van der Waals surface area contributed by atoms with Crippen molar-refractivity contribution in [2.24, 2.45) is 5.41 Å². The number of thiazole rings is 1. The molecule has 0 aromatic carbocycles. The second kappa shape index (κ2) is 9.45. The number of ether oxygens (including phenoxy) is 1. The van der Waals surface area contributed by atoms with Crippen LogP contribution in [0.1, 0.15) is 45.2 Å². The third kappa shape index (κ3) is 6.02. The Bertz CT molecular complexity index is 316. The van der Waals surface area contributed by atoms with Gasteiger partial charge in [-0.3, -0.25) is 0 Å². The zero-order chi connectivity index (χ0) is 14.0. The molecule has 0 saturated heterocycles.